The molecule has 6 nitrogen and oxygen atoms in total. The first kappa shape index (κ1) is 16.8. The summed E-state index contributed by atoms with van der Waals surface area (Å²) in [4.78, 5) is 17.4. The predicted octanol–water partition coefficient (Wildman–Crippen LogP) is 0.720. The molecule has 0 bridgehead atoms. The van der Waals surface area contributed by atoms with Crippen molar-refractivity contribution >= 4 is 11.4 Å². The Morgan fingerprint density at radius 2 is 1.73 bits per heavy atom. The van der Waals surface area contributed by atoms with E-state index in [-0.39, 0.29) is 23.9 Å². The Labute approximate surface area is 152 Å². The van der Waals surface area contributed by atoms with Crippen LogP contribution in [0.15, 0.2) is 54.7 Å². The SMILES string of the molecule is CN1CCN(CC(=O)c2c([O-])n(-c3ccccc3)c3cccc[n+]23)CC1. The highest BCUT2D eigenvalue weighted by Gasteiger charge is 2.27. The molecule has 0 radical (unpaired) electrons. The highest BCUT2D eigenvalue weighted by atomic mass is 16.3. The van der Waals surface area contributed by atoms with Crippen LogP contribution < -0.4 is 9.51 Å². The zero-order chi connectivity index (χ0) is 18.1. The van der Waals surface area contributed by atoms with Crippen LogP contribution in [0.4, 0.5) is 0 Å². The van der Waals surface area contributed by atoms with E-state index in [1.165, 1.54) is 0 Å². The van der Waals surface area contributed by atoms with E-state index >= 15 is 0 Å². The summed E-state index contributed by atoms with van der Waals surface area (Å²) in [7, 11) is 2.08. The maximum absolute atomic E-state index is 13.1. The lowest BCUT2D eigenvalue weighted by Gasteiger charge is -2.31. The molecule has 1 saturated heterocycles. The molecule has 1 aliphatic heterocycles. The van der Waals surface area contributed by atoms with Crippen LogP contribution in [0.25, 0.3) is 11.3 Å². The number of rotatable bonds is 4. The van der Waals surface area contributed by atoms with Crippen molar-refractivity contribution in [3.63, 3.8) is 0 Å². The van der Waals surface area contributed by atoms with Crippen molar-refractivity contribution in [3.05, 3.63) is 60.4 Å². The maximum Gasteiger partial charge on any atom is 0.291 e. The van der Waals surface area contributed by atoms with Crippen molar-refractivity contribution in [1.82, 2.24) is 14.4 Å². The van der Waals surface area contributed by atoms with Crippen LogP contribution in [0.2, 0.25) is 0 Å². The van der Waals surface area contributed by atoms with Crippen LogP contribution in [0.3, 0.4) is 0 Å². The van der Waals surface area contributed by atoms with Gasteiger partial charge >= 0.3 is 0 Å². The number of imidazole rings is 1. The van der Waals surface area contributed by atoms with Gasteiger partial charge in [-0.15, -0.1) is 0 Å². The van der Waals surface area contributed by atoms with Gasteiger partial charge in [-0.1, -0.05) is 24.3 Å². The van der Waals surface area contributed by atoms with Gasteiger partial charge in [-0.25, -0.2) is 4.57 Å². The normalized spacial score (nSPS) is 16.2. The number of Topliss-reactive ketones (excluding diaryl/α,β-unsaturated/α-hetero) is 1. The molecule has 4 rings (SSSR count). The zero-order valence-corrected chi connectivity index (χ0v) is 14.8. The third-order valence-electron chi connectivity index (χ3n) is 4.96. The molecule has 0 saturated carbocycles. The average molecular weight is 350 g/mol. The monoisotopic (exact) mass is 350 g/mol. The van der Waals surface area contributed by atoms with Crippen molar-refractivity contribution < 1.29 is 14.3 Å². The lowest BCUT2D eigenvalue weighted by molar-refractivity contribution is -0.516. The smallest absolute Gasteiger partial charge is 0.291 e. The second kappa shape index (κ2) is 6.90. The second-order valence-electron chi connectivity index (χ2n) is 6.76. The van der Waals surface area contributed by atoms with Gasteiger partial charge < -0.3 is 10.0 Å². The maximum atomic E-state index is 13.1. The Bertz CT molecular complexity index is 928. The zero-order valence-electron chi connectivity index (χ0n) is 14.8. The molecule has 26 heavy (non-hydrogen) atoms. The number of para-hydroxylation sites is 1. The Morgan fingerprint density at radius 1 is 1.04 bits per heavy atom. The summed E-state index contributed by atoms with van der Waals surface area (Å²) in [5.41, 5.74) is 1.69. The molecule has 0 amide bonds. The molecule has 0 unspecified atom stereocenters. The van der Waals surface area contributed by atoms with E-state index in [1.807, 2.05) is 48.5 Å². The third-order valence-corrected chi connectivity index (χ3v) is 4.96. The van der Waals surface area contributed by atoms with Crippen molar-refractivity contribution in [1.29, 1.82) is 0 Å². The molecular formula is C20H22N4O2. The number of benzene rings is 1. The first-order valence-corrected chi connectivity index (χ1v) is 8.87. The van der Waals surface area contributed by atoms with Crippen molar-refractivity contribution in [3.8, 4) is 11.6 Å². The van der Waals surface area contributed by atoms with E-state index < -0.39 is 0 Å². The fourth-order valence-corrected chi connectivity index (χ4v) is 3.48. The van der Waals surface area contributed by atoms with E-state index in [9.17, 15) is 9.90 Å². The van der Waals surface area contributed by atoms with Gasteiger partial charge in [-0.05, 0) is 25.2 Å². The highest BCUT2D eigenvalue weighted by Crippen LogP contribution is 2.22. The number of ketones is 1. The third kappa shape index (κ3) is 2.98. The Morgan fingerprint density at radius 3 is 2.46 bits per heavy atom. The average Bonchev–Trinajstić information content (AvgIpc) is 2.96. The van der Waals surface area contributed by atoms with Crippen LogP contribution in [0.5, 0.6) is 5.88 Å². The van der Waals surface area contributed by atoms with Crippen molar-refractivity contribution in [2.45, 2.75) is 0 Å². The molecule has 0 atom stereocenters. The van der Waals surface area contributed by atoms with Gasteiger partial charge in [-0.2, -0.15) is 4.40 Å². The fourth-order valence-electron chi connectivity index (χ4n) is 3.48. The van der Waals surface area contributed by atoms with Crippen LogP contribution in [0, 0.1) is 0 Å². The number of aromatic nitrogens is 2. The standard InChI is InChI=1S/C20H22N4O2/c1-21-11-13-22(14-12-21)15-17(25)19-20(26)24(16-7-3-2-4-8-16)18-9-5-6-10-23(18)19/h2-10H,11-15H2,1H3. The number of piperazine rings is 1. The molecule has 0 aliphatic carbocycles. The molecule has 1 aromatic carbocycles. The Kier molecular flexibility index (Phi) is 4.44. The van der Waals surface area contributed by atoms with Crippen molar-refractivity contribution in [2.75, 3.05) is 39.8 Å². The van der Waals surface area contributed by atoms with E-state index in [0.717, 1.165) is 31.9 Å². The topological polar surface area (TPSA) is 55.6 Å². The van der Waals surface area contributed by atoms with Crippen LogP contribution in [0.1, 0.15) is 10.5 Å². The van der Waals surface area contributed by atoms with Gasteiger partial charge in [0.2, 0.25) is 11.5 Å². The van der Waals surface area contributed by atoms with Gasteiger partial charge in [0.25, 0.3) is 5.65 Å². The minimum Gasteiger partial charge on any atom is -0.839 e. The molecule has 1 aliphatic rings. The molecule has 0 spiro atoms. The lowest BCUT2D eigenvalue weighted by atomic mass is 10.2. The largest absolute Gasteiger partial charge is 0.839 e. The minimum atomic E-state index is -0.262. The minimum absolute atomic E-state index is 0.129. The quantitative estimate of drug-likeness (QED) is 0.514. The number of nitrogens with zero attached hydrogens (tertiary/aromatic N) is 4. The molecule has 1 fully saturated rings. The summed E-state index contributed by atoms with van der Waals surface area (Å²) in [6.45, 7) is 3.85. The van der Waals surface area contributed by atoms with Crippen LogP contribution in [-0.2, 0) is 0 Å². The summed E-state index contributed by atoms with van der Waals surface area (Å²) >= 11 is 0. The molecule has 3 heterocycles. The fraction of sp³-hybridized carbons (Fsp3) is 0.300. The summed E-state index contributed by atoms with van der Waals surface area (Å²) in [6.07, 6.45) is 1.79. The molecule has 134 valence electrons. The summed E-state index contributed by atoms with van der Waals surface area (Å²) in [5.74, 6) is -0.392. The van der Waals surface area contributed by atoms with Gasteiger partial charge in [0.1, 0.15) is 11.6 Å². The van der Waals surface area contributed by atoms with Gasteiger partial charge in [0.15, 0.2) is 0 Å². The number of carbonyl (C=O) groups is 1. The Balaban J connectivity index is 1.73. The molecule has 2 aromatic heterocycles. The molecule has 6 heteroatoms. The molecule has 3 aromatic rings. The number of likely N-dealkylation sites (N-methyl/N-ethyl adjacent to an activating group) is 1. The second-order valence-corrected chi connectivity index (χ2v) is 6.76. The number of carbonyl (C=O) groups excluding carboxylic acids is 1. The molecular weight excluding hydrogens is 328 g/mol. The van der Waals surface area contributed by atoms with Gasteiger partial charge in [-0.3, -0.25) is 9.69 Å². The highest BCUT2D eigenvalue weighted by molar-refractivity contribution is 5.97. The summed E-state index contributed by atoms with van der Waals surface area (Å²) < 4.78 is 3.32. The van der Waals surface area contributed by atoms with Gasteiger partial charge in [0.05, 0.1) is 12.7 Å². The first-order chi connectivity index (χ1) is 12.6. The van der Waals surface area contributed by atoms with E-state index in [2.05, 4.69) is 16.8 Å². The summed E-state index contributed by atoms with van der Waals surface area (Å²) in [5, 5.41) is 13.1. The van der Waals surface area contributed by atoms with E-state index in [0.29, 0.717) is 5.65 Å². The Hall–Kier alpha value is -2.70. The number of hydrogen-bond acceptors (Lipinski definition) is 4. The van der Waals surface area contributed by atoms with Crippen molar-refractivity contribution in [2.24, 2.45) is 0 Å². The number of hydrogen-bond donors (Lipinski definition) is 0. The molecule has 0 N–H and O–H groups in total. The first-order valence-electron chi connectivity index (χ1n) is 8.87. The van der Waals surface area contributed by atoms with Gasteiger partial charge in [0, 0.05) is 32.2 Å². The van der Waals surface area contributed by atoms with E-state index in [4.69, 9.17) is 0 Å². The lowest BCUT2D eigenvalue weighted by Crippen LogP contribution is -2.47. The summed E-state index contributed by atoms with van der Waals surface area (Å²) in [6, 6.07) is 15.0. The number of pyridine rings is 1. The van der Waals surface area contributed by atoms with Crippen LogP contribution in [-0.4, -0.2) is 59.9 Å². The number of fused-ring (bicyclic) bond motifs is 1. The van der Waals surface area contributed by atoms with Crippen LogP contribution >= 0.6 is 0 Å². The predicted molar refractivity (Wildman–Crippen MR) is 96.6 cm³/mol. The van der Waals surface area contributed by atoms with E-state index in [1.54, 1.807) is 15.2 Å².